The van der Waals surface area contributed by atoms with Gasteiger partial charge in [0.1, 0.15) is 5.75 Å². The Hall–Kier alpha value is -3.08. The fourth-order valence-electron chi connectivity index (χ4n) is 4.39. The number of hydrogen-bond acceptors (Lipinski definition) is 3. The molecule has 2 heterocycles. The summed E-state index contributed by atoms with van der Waals surface area (Å²) in [5, 5.41) is 1.08. The zero-order valence-corrected chi connectivity index (χ0v) is 17.1. The number of methoxy groups -OCH3 is 1. The van der Waals surface area contributed by atoms with E-state index >= 15 is 0 Å². The van der Waals surface area contributed by atoms with Gasteiger partial charge in [-0.3, -0.25) is 9.59 Å². The summed E-state index contributed by atoms with van der Waals surface area (Å²) in [7, 11) is 1.64. The van der Waals surface area contributed by atoms with E-state index < -0.39 is 0 Å². The van der Waals surface area contributed by atoms with Gasteiger partial charge in [-0.05, 0) is 73.5 Å². The highest BCUT2D eigenvalue weighted by Gasteiger charge is 2.30. The van der Waals surface area contributed by atoms with E-state index in [2.05, 4.69) is 4.98 Å². The number of benzene rings is 2. The predicted molar refractivity (Wildman–Crippen MR) is 114 cm³/mol. The number of ketones is 1. The van der Waals surface area contributed by atoms with E-state index in [1.54, 1.807) is 7.11 Å². The number of aryl methyl sites for hydroxylation is 2. The van der Waals surface area contributed by atoms with E-state index in [1.807, 2.05) is 61.3 Å². The largest absolute Gasteiger partial charge is 0.496 e. The van der Waals surface area contributed by atoms with Gasteiger partial charge in [-0.15, -0.1) is 0 Å². The van der Waals surface area contributed by atoms with Crippen LogP contribution < -0.4 is 4.74 Å². The summed E-state index contributed by atoms with van der Waals surface area (Å²) >= 11 is 0. The number of piperidine rings is 1. The van der Waals surface area contributed by atoms with Crippen LogP contribution in [-0.2, 0) is 0 Å². The van der Waals surface area contributed by atoms with Crippen LogP contribution >= 0.6 is 0 Å². The molecule has 5 heteroatoms. The maximum absolute atomic E-state index is 13.2. The van der Waals surface area contributed by atoms with Crippen LogP contribution in [0.25, 0.3) is 10.9 Å². The molecule has 0 unspecified atom stereocenters. The highest BCUT2D eigenvalue weighted by atomic mass is 16.5. The number of ether oxygens (including phenoxy) is 1. The number of nitrogens with one attached hydrogen (secondary N) is 1. The van der Waals surface area contributed by atoms with Crippen molar-refractivity contribution in [3.8, 4) is 5.75 Å². The Balaban J connectivity index is 1.53. The molecule has 1 aliphatic heterocycles. The fourth-order valence-corrected chi connectivity index (χ4v) is 4.39. The second-order valence-corrected chi connectivity index (χ2v) is 7.88. The number of rotatable bonds is 4. The third-order valence-corrected chi connectivity index (χ3v) is 5.83. The molecule has 1 amide bonds. The Morgan fingerprint density at radius 2 is 1.83 bits per heavy atom. The second kappa shape index (κ2) is 7.74. The van der Waals surface area contributed by atoms with Crippen molar-refractivity contribution in [2.45, 2.75) is 26.7 Å². The Morgan fingerprint density at radius 3 is 2.55 bits per heavy atom. The number of H-pyrrole nitrogens is 1. The van der Waals surface area contributed by atoms with E-state index in [0.717, 1.165) is 40.6 Å². The molecule has 0 spiro atoms. The van der Waals surface area contributed by atoms with Gasteiger partial charge in [0.25, 0.3) is 5.91 Å². The Bertz CT molecular complexity index is 1060. The van der Waals surface area contributed by atoms with Crippen molar-refractivity contribution in [3.05, 3.63) is 64.8 Å². The zero-order chi connectivity index (χ0) is 20.5. The highest BCUT2D eigenvalue weighted by molar-refractivity contribution is 6.00. The van der Waals surface area contributed by atoms with Crippen molar-refractivity contribution in [2.75, 3.05) is 20.2 Å². The maximum Gasteiger partial charge on any atom is 0.253 e. The van der Waals surface area contributed by atoms with Crippen molar-refractivity contribution in [1.82, 2.24) is 9.88 Å². The van der Waals surface area contributed by atoms with Gasteiger partial charge in [-0.2, -0.15) is 0 Å². The molecule has 0 saturated carbocycles. The van der Waals surface area contributed by atoms with Gasteiger partial charge in [-0.1, -0.05) is 6.07 Å². The molecule has 0 aliphatic carbocycles. The number of Topliss-reactive ketones (excluding diaryl/α,β-unsaturated/α-hetero) is 1. The Morgan fingerprint density at radius 1 is 1.07 bits per heavy atom. The smallest absolute Gasteiger partial charge is 0.253 e. The standard InChI is InChI=1S/C24H26N2O3/c1-15-11-20(12-16(2)23(15)29-3)22(27)19-5-4-10-26(14-19)24(28)18-7-6-17-8-9-25-21(17)13-18/h6-9,11-13,19,25H,4-5,10,14H2,1-3H3/t19-/m0/s1. The number of aromatic nitrogens is 1. The van der Waals surface area contributed by atoms with Crippen LogP contribution in [0, 0.1) is 19.8 Å². The molecule has 0 radical (unpaired) electrons. The van der Waals surface area contributed by atoms with E-state index in [-0.39, 0.29) is 17.6 Å². The highest BCUT2D eigenvalue weighted by Crippen LogP contribution is 2.28. The van der Waals surface area contributed by atoms with E-state index in [9.17, 15) is 9.59 Å². The molecular weight excluding hydrogens is 364 g/mol. The Labute approximate surface area is 170 Å². The fraction of sp³-hybridized carbons (Fsp3) is 0.333. The summed E-state index contributed by atoms with van der Waals surface area (Å²) in [6, 6.07) is 11.5. The lowest BCUT2D eigenvalue weighted by Gasteiger charge is -2.32. The average Bonchev–Trinajstić information content (AvgIpc) is 3.20. The van der Waals surface area contributed by atoms with Gasteiger partial charge in [0, 0.05) is 41.8 Å². The topological polar surface area (TPSA) is 62.4 Å². The molecule has 4 rings (SSSR count). The number of aromatic amines is 1. The normalized spacial score (nSPS) is 16.8. The average molecular weight is 390 g/mol. The predicted octanol–water partition coefficient (Wildman–Crippen LogP) is 4.53. The number of carbonyl (C=O) groups is 2. The number of amides is 1. The van der Waals surface area contributed by atoms with Gasteiger partial charge >= 0.3 is 0 Å². The van der Waals surface area contributed by atoms with Crippen molar-refractivity contribution in [2.24, 2.45) is 5.92 Å². The van der Waals surface area contributed by atoms with Crippen molar-refractivity contribution in [3.63, 3.8) is 0 Å². The number of likely N-dealkylation sites (tertiary alicyclic amines) is 1. The summed E-state index contributed by atoms with van der Waals surface area (Å²) in [6.45, 7) is 5.06. The first-order valence-electron chi connectivity index (χ1n) is 10.0. The zero-order valence-electron chi connectivity index (χ0n) is 17.1. The summed E-state index contributed by atoms with van der Waals surface area (Å²) in [5.41, 5.74) is 4.22. The van der Waals surface area contributed by atoms with Crippen LogP contribution in [0.4, 0.5) is 0 Å². The molecule has 1 fully saturated rings. The molecule has 3 aromatic rings. The number of fused-ring (bicyclic) bond motifs is 1. The van der Waals surface area contributed by atoms with Gasteiger partial charge in [0.2, 0.25) is 0 Å². The minimum Gasteiger partial charge on any atom is -0.496 e. The SMILES string of the molecule is COc1c(C)cc(C(=O)[C@H]2CCCN(C(=O)c3ccc4cc[nH]c4c3)C2)cc1C. The van der Waals surface area contributed by atoms with Gasteiger partial charge in [0.05, 0.1) is 7.11 Å². The maximum atomic E-state index is 13.2. The molecule has 1 saturated heterocycles. The molecule has 1 N–H and O–H groups in total. The van der Waals surface area contributed by atoms with Crippen molar-refractivity contribution >= 4 is 22.6 Å². The first-order valence-corrected chi connectivity index (χ1v) is 10.0. The number of hydrogen-bond donors (Lipinski definition) is 1. The van der Waals surface area contributed by atoms with Crippen LogP contribution in [-0.4, -0.2) is 41.8 Å². The lowest BCUT2D eigenvalue weighted by Crippen LogP contribution is -2.42. The quantitative estimate of drug-likeness (QED) is 0.666. The molecule has 5 nitrogen and oxygen atoms in total. The molecule has 2 aromatic carbocycles. The van der Waals surface area contributed by atoms with Crippen LogP contribution in [0.1, 0.15) is 44.7 Å². The molecule has 1 atom stereocenters. The van der Waals surface area contributed by atoms with Crippen LogP contribution in [0.15, 0.2) is 42.6 Å². The monoisotopic (exact) mass is 390 g/mol. The van der Waals surface area contributed by atoms with E-state index in [4.69, 9.17) is 4.74 Å². The van der Waals surface area contributed by atoms with Crippen LogP contribution in [0.3, 0.4) is 0 Å². The first kappa shape index (κ1) is 19.2. The van der Waals surface area contributed by atoms with E-state index in [0.29, 0.717) is 24.2 Å². The minimum atomic E-state index is -0.172. The summed E-state index contributed by atoms with van der Waals surface area (Å²) in [4.78, 5) is 31.2. The number of carbonyl (C=O) groups excluding carboxylic acids is 2. The van der Waals surface area contributed by atoms with Crippen molar-refractivity contribution < 1.29 is 14.3 Å². The Kier molecular flexibility index (Phi) is 5.14. The van der Waals surface area contributed by atoms with Crippen LogP contribution in [0.5, 0.6) is 5.75 Å². The summed E-state index contributed by atoms with van der Waals surface area (Å²) < 4.78 is 5.41. The van der Waals surface area contributed by atoms with Gasteiger partial charge < -0.3 is 14.6 Å². The molecule has 1 aromatic heterocycles. The molecule has 1 aliphatic rings. The van der Waals surface area contributed by atoms with Crippen LogP contribution in [0.2, 0.25) is 0 Å². The van der Waals surface area contributed by atoms with Crippen molar-refractivity contribution in [1.29, 1.82) is 0 Å². The van der Waals surface area contributed by atoms with Gasteiger partial charge in [0.15, 0.2) is 5.78 Å². The molecule has 29 heavy (non-hydrogen) atoms. The minimum absolute atomic E-state index is 0.0129. The first-order chi connectivity index (χ1) is 14.0. The molecule has 0 bridgehead atoms. The lowest BCUT2D eigenvalue weighted by molar-refractivity contribution is 0.0637. The summed E-state index contributed by atoms with van der Waals surface area (Å²) in [5.74, 6) is 0.744. The van der Waals surface area contributed by atoms with E-state index in [1.165, 1.54) is 0 Å². The third-order valence-electron chi connectivity index (χ3n) is 5.83. The van der Waals surface area contributed by atoms with Gasteiger partial charge in [-0.25, -0.2) is 0 Å². The second-order valence-electron chi connectivity index (χ2n) is 7.88. The molecular formula is C24H26N2O3. The molecule has 150 valence electrons. The number of nitrogens with zero attached hydrogens (tertiary/aromatic N) is 1. The third kappa shape index (κ3) is 3.65. The summed E-state index contributed by atoms with van der Waals surface area (Å²) in [6.07, 6.45) is 3.51. The lowest BCUT2D eigenvalue weighted by atomic mass is 9.88.